The molecule has 2 aromatic rings. The van der Waals surface area contributed by atoms with Crippen LogP contribution in [0.15, 0.2) is 53.2 Å². The van der Waals surface area contributed by atoms with Crippen molar-refractivity contribution < 1.29 is 41.9 Å². The van der Waals surface area contributed by atoms with Gasteiger partial charge in [0.2, 0.25) is 5.91 Å². The van der Waals surface area contributed by atoms with Crippen LogP contribution in [0, 0.1) is 17.8 Å². The number of allylic oxidation sites excluding steroid dienone is 1. The highest BCUT2D eigenvalue weighted by atomic mass is 19.4. The summed E-state index contributed by atoms with van der Waals surface area (Å²) in [6.07, 6.45) is -1.41. The lowest BCUT2D eigenvalue weighted by Crippen LogP contribution is -2.46. The van der Waals surface area contributed by atoms with Gasteiger partial charge in [0.15, 0.2) is 0 Å². The van der Waals surface area contributed by atoms with Crippen LogP contribution in [-0.4, -0.2) is 104 Å². The van der Waals surface area contributed by atoms with Crippen molar-refractivity contribution in [2.45, 2.75) is 51.0 Å². The molecule has 0 aromatic heterocycles. The highest BCUT2D eigenvalue weighted by Crippen LogP contribution is 2.34. The molecular formula is C38H42F3N7O6. The van der Waals surface area contributed by atoms with E-state index in [2.05, 4.69) is 27.5 Å². The molecule has 1 unspecified atom stereocenters. The number of aliphatic imine (C=N–C) groups is 1. The van der Waals surface area contributed by atoms with Gasteiger partial charge in [-0.1, -0.05) is 11.8 Å². The fourth-order valence-corrected chi connectivity index (χ4v) is 6.08. The number of amides is 4. The first-order chi connectivity index (χ1) is 25.6. The van der Waals surface area contributed by atoms with Gasteiger partial charge in [-0.3, -0.25) is 34.0 Å². The number of nitrogens with two attached hydrogens (primary N) is 1. The predicted molar refractivity (Wildman–Crippen MR) is 195 cm³/mol. The van der Waals surface area contributed by atoms with Crippen LogP contribution in [0.5, 0.6) is 0 Å². The maximum atomic E-state index is 13.5. The lowest BCUT2D eigenvalue weighted by atomic mass is 9.98. The van der Waals surface area contributed by atoms with Crippen LogP contribution in [0.25, 0.3) is 0 Å². The number of morpholine rings is 1. The minimum atomic E-state index is -4.54. The number of hydrogen-bond donors (Lipinski definition) is 3. The van der Waals surface area contributed by atoms with Crippen LogP contribution in [0.1, 0.15) is 58.5 Å². The number of rotatable bonds is 12. The molecule has 0 radical (unpaired) electrons. The molecule has 1 atom stereocenters. The second-order valence-electron chi connectivity index (χ2n) is 13.6. The Morgan fingerprint density at radius 2 is 1.78 bits per heavy atom. The highest BCUT2D eigenvalue weighted by molar-refractivity contribution is 6.22. The zero-order chi connectivity index (χ0) is 39.2. The number of alkyl halides is 3. The molecule has 0 spiro atoms. The number of carbonyl (C=O) groups excluding carboxylic acids is 5. The van der Waals surface area contributed by atoms with Crippen LogP contribution >= 0.6 is 0 Å². The van der Waals surface area contributed by atoms with E-state index in [0.717, 1.165) is 17.0 Å². The molecule has 286 valence electrons. The summed E-state index contributed by atoms with van der Waals surface area (Å²) in [5.74, 6) is 4.01. The Hall–Kier alpha value is -5.53. The average Bonchev–Trinajstić information content (AvgIpc) is 3.37. The van der Waals surface area contributed by atoms with E-state index in [1.54, 1.807) is 32.0 Å². The van der Waals surface area contributed by atoms with Gasteiger partial charge in [-0.05, 0) is 62.2 Å². The normalized spacial score (nSPS) is 17.5. The molecule has 5 rings (SSSR count). The number of nitrogens with one attached hydrogen (secondary N) is 2. The van der Waals surface area contributed by atoms with Gasteiger partial charge in [-0.15, -0.1) is 0 Å². The van der Waals surface area contributed by atoms with Crippen LogP contribution < -0.4 is 21.3 Å². The first-order valence-corrected chi connectivity index (χ1v) is 17.4. The van der Waals surface area contributed by atoms with E-state index in [1.165, 1.54) is 25.5 Å². The Kier molecular flexibility index (Phi) is 12.2. The van der Waals surface area contributed by atoms with E-state index in [1.807, 2.05) is 9.80 Å². The van der Waals surface area contributed by atoms with Crippen LogP contribution in [-0.2, 0) is 31.8 Å². The zero-order valence-corrected chi connectivity index (χ0v) is 30.2. The fourth-order valence-electron chi connectivity index (χ4n) is 6.08. The third-order valence-electron chi connectivity index (χ3n) is 9.44. The summed E-state index contributed by atoms with van der Waals surface area (Å²) in [7, 11) is 1.46. The van der Waals surface area contributed by atoms with E-state index in [4.69, 9.17) is 10.5 Å². The van der Waals surface area contributed by atoms with Gasteiger partial charge < -0.3 is 30.8 Å². The molecule has 13 nitrogen and oxygen atoms in total. The van der Waals surface area contributed by atoms with Crippen LogP contribution in [0.2, 0.25) is 0 Å². The maximum Gasteiger partial charge on any atom is 0.416 e. The van der Waals surface area contributed by atoms with Gasteiger partial charge >= 0.3 is 6.18 Å². The summed E-state index contributed by atoms with van der Waals surface area (Å²) in [6.45, 7) is 6.40. The number of nitrogens with zero attached hydrogens (tertiary/aromatic N) is 4. The first kappa shape index (κ1) is 39.7. The molecule has 16 heteroatoms. The first-order valence-electron chi connectivity index (χ1n) is 17.4. The predicted octanol–water partition coefficient (Wildman–Crippen LogP) is 3.00. The van der Waals surface area contributed by atoms with Gasteiger partial charge in [0.05, 0.1) is 47.4 Å². The molecule has 0 aliphatic carbocycles. The monoisotopic (exact) mass is 749 g/mol. The molecule has 2 saturated heterocycles. The molecule has 2 fully saturated rings. The Balaban J connectivity index is 1.19. The number of halogens is 3. The highest BCUT2D eigenvalue weighted by Gasteiger charge is 2.41. The Labute approximate surface area is 310 Å². The van der Waals surface area contributed by atoms with Crippen molar-refractivity contribution in [1.29, 1.82) is 0 Å². The minimum Gasteiger partial charge on any atom is -0.404 e. The Morgan fingerprint density at radius 3 is 2.43 bits per heavy atom. The maximum absolute atomic E-state index is 13.5. The number of ether oxygens (including phenoxy) is 1. The second kappa shape index (κ2) is 16.6. The molecule has 54 heavy (non-hydrogen) atoms. The molecule has 2 aromatic carbocycles. The zero-order valence-electron chi connectivity index (χ0n) is 30.2. The molecule has 3 aliphatic rings. The van der Waals surface area contributed by atoms with E-state index in [-0.39, 0.29) is 48.0 Å². The number of anilines is 2. The SMILES string of the molecule is CNC(=O)CCC(C=O)N1C(=O)c2ccc(N3CC(C#CC(C=NC(C)(C)C(=O)Nc4ccc(C(F)(F)F)cc4CN4CCOCC4)=CN)C3)cc2C1=O. The van der Waals surface area contributed by atoms with Crippen molar-refractivity contribution in [3.05, 3.63) is 70.4 Å². The molecule has 3 heterocycles. The van der Waals surface area contributed by atoms with Crippen molar-refractivity contribution in [2.24, 2.45) is 16.6 Å². The van der Waals surface area contributed by atoms with Gasteiger partial charge in [-0.2, -0.15) is 13.2 Å². The molecule has 4 N–H and O–H groups in total. The molecule has 0 saturated carbocycles. The molecular weight excluding hydrogens is 707 g/mol. The lowest BCUT2D eigenvalue weighted by molar-refractivity contribution is -0.137. The number of carbonyl (C=O) groups is 5. The summed E-state index contributed by atoms with van der Waals surface area (Å²) in [4.78, 5) is 72.2. The second-order valence-corrected chi connectivity index (χ2v) is 13.6. The topological polar surface area (TPSA) is 167 Å². The summed E-state index contributed by atoms with van der Waals surface area (Å²) in [5.41, 5.74) is 5.67. The van der Waals surface area contributed by atoms with Crippen molar-refractivity contribution in [3.63, 3.8) is 0 Å². The number of fused-ring (bicyclic) bond motifs is 1. The van der Waals surface area contributed by atoms with Crippen LogP contribution in [0.4, 0.5) is 24.5 Å². The van der Waals surface area contributed by atoms with E-state index in [0.29, 0.717) is 62.5 Å². The smallest absolute Gasteiger partial charge is 0.404 e. The Bertz CT molecular complexity index is 1920. The summed E-state index contributed by atoms with van der Waals surface area (Å²) >= 11 is 0. The summed E-state index contributed by atoms with van der Waals surface area (Å²) < 4.78 is 45.9. The minimum absolute atomic E-state index is 0.0158. The standard InChI is InChI=1S/C38H42F3N7O6/c1-37(2,36(53)45-32-10-6-27(38(39,40)41)16-26(32)22-46-12-14-54-15-13-46)44-19-24(18-42)4-5-25-20-47(21-25)28-7-9-30-31(17-28)35(52)48(34(30)51)29(23-49)8-11-33(50)43-3/h6-7,9-10,16-19,23,25,29H,8,11-15,20-22,42H2,1-3H3,(H,43,50)(H,45,53). The van der Waals surface area contributed by atoms with Crippen molar-refractivity contribution >= 4 is 47.5 Å². The van der Waals surface area contributed by atoms with E-state index < -0.39 is 41.0 Å². The van der Waals surface area contributed by atoms with Crippen molar-refractivity contribution in [3.8, 4) is 11.8 Å². The number of imide groups is 1. The number of hydrogen-bond acceptors (Lipinski definition) is 10. The quantitative estimate of drug-likeness (QED) is 0.128. The van der Waals surface area contributed by atoms with Gasteiger partial charge in [-0.25, -0.2) is 0 Å². The van der Waals surface area contributed by atoms with Crippen LogP contribution in [0.3, 0.4) is 0 Å². The van der Waals surface area contributed by atoms with Gasteiger partial charge in [0.25, 0.3) is 17.7 Å². The van der Waals surface area contributed by atoms with Crippen molar-refractivity contribution in [2.75, 3.05) is 56.7 Å². The number of aldehydes is 1. The van der Waals surface area contributed by atoms with E-state index in [9.17, 15) is 37.1 Å². The lowest BCUT2D eigenvalue weighted by Gasteiger charge is -2.38. The number of benzene rings is 2. The third kappa shape index (κ3) is 9.15. The largest absolute Gasteiger partial charge is 0.416 e. The molecule has 3 aliphatic heterocycles. The average molecular weight is 750 g/mol. The summed E-state index contributed by atoms with van der Waals surface area (Å²) in [6, 6.07) is 7.06. The molecule has 4 amide bonds. The Morgan fingerprint density at radius 1 is 1.07 bits per heavy atom. The van der Waals surface area contributed by atoms with E-state index >= 15 is 0 Å². The summed E-state index contributed by atoms with van der Waals surface area (Å²) in [5, 5.41) is 5.20. The molecule has 0 bridgehead atoms. The van der Waals surface area contributed by atoms with Gasteiger partial charge in [0.1, 0.15) is 11.8 Å². The van der Waals surface area contributed by atoms with Gasteiger partial charge in [0, 0.05) is 70.0 Å². The third-order valence-corrected chi connectivity index (χ3v) is 9.44. The fraction of sp³-hybridized carbons (Fsp3) is 0.421. The van der Waals surface area contributed by atoms with Crippen molar-refractivity contribution in [1.82, 2.24) is 15.1 Å².